The summed E-state index contributed by atoms with van der Waals surface area (Å²) in [5, 5.41) is 3.50. The number of aromatic nitrogens is 1. The molecule has 1 unspecified atom stereocenters. The Morgan fingerprint density at radius 3 is 3.18 bits per heavy atom. The van der Waals surface area contributed by atoms with Gasteiger partial charge in [0.2, 0.25) is 0 Å². The predicted molar refractivity (Wildman–Crippen MR) is 68.9 cm³/mol. The first kappa shape index (κ1) is 12.5. The lowest BCUT2D eigenvalue weighted by Crippen LogP contribution is -2.21. The number of ether oxygens (including phenoxy) is 1. The average molecular weight is 234 g/mol. The number of hydrogen-bond donors (Lipinski definition) is 1. The van der Waals surface area contributed by atoms with Crippen LogP contribution in [0.5, 0.6) is 0 Å². The molecule has 0 aromatic carbocycles. The Morgan fingerprint density at radius 1 is 1.53 bits per heavy atom. The Bertz CT molecular complexity index is 309. The molecule has 1 aromatic rings. The summed E-state index contributed by atoms with van der Waals surface area (Å²) in [4.78, 5) is 4.35. The quantitative estimate of drug-likeness (QED) is 0.768. The molecule has 2 heterocycles. The van der Waals surface area contributed by atoms with Crippen molar-refractivity contribution in [1.29, 1.82) is 0 Å². The van der Waals surface area contributed by atoms with Crippen molar-refractivity contribution in [3.63, 3.8) is 0 Å². The van der Waals surface area contributed by atoms with Crippen LogP contribution < -0.4 is 5.32 Å². The van der Waals surface area contributed by atoms with E-state index in [-0.39, 0.29) is 0 Å². The first-order valence-corrected chi connectivity index (χ1v) is 6.62. The number of hydrogen-bond acceptors (Lipinski definition) is 3. The molecule has 1 fully saturated rings. The van der Waals surface area contributed by atoms with E-state index in [2.05, 4.69) is 23.3 Å². The summed E-state index contributed by atoms with van der Waals surface area (Å²) in [6, 6.07) is 6.39. The summed E-state index contributed by atoms with van der Waals surface area (Å²) < 4.78 is 5.60. The van der Waals surface area contributed by atoms with Gasteiger partial charge in [0.05, 0.1) is 11.8 Å². The third-order valence-corrected chi connectivity index (χ3v) is 3.31. The highest BCUT2D eigenvalue weighted by Crippen LogP contribution is 2.16. The molecule has 2 rings (SSSR count). The van der Waals surface area contributed by atoms with Gasteiger partial charge in [0.25, 0.3) is 0 Å². The Labute approximate surface area is 104 Å². The molecule has 3 heteroatoms. The predicted octanol–water partition coefficient (Wildman–Crippen LogP) is 2.69. The standard InChI is InChI=1S/C14H22N2O/c1-12(14-8-2-3-9-16-14)15-10-4-6-13-7-5-11-17-13/h2-3,8-9,12-13,15H,4-7,10-11H2,1H3/t12-,13?/m0/s1. The zero-order valence-electron chi connectivity index (χ0n) is 10.6. The highest BCUT2D eigenvalue weighted by molar-refractivity contribution is 5.07. The van der Waals surface area contributed by atoms with E-state index < -0.39 is 0 Å². The van der Waals surface area contributed by atoms with Crippen LogP contribution >= 0.6 is 0 Å². The molecule has 0 aliphatic carbocycles. The van der Waals surface area contributed by atoms with Crippen LogP contribution in [0.25, 0.3) is 0 Å². The average Bonchev–Trinajstić information content (AvgIpc) is 2.88. The van der Waals surface area contributed by atoms with Gasteiger partial charge in [-0.2, -0.15) is 0 Å². The highest BCUT2D eigenvalue weighted by atomic mass is 16.5. The highest BCUT2D eigenvalue weighted by Gasteiger charge is 2.14. The van der Waals surface area contributed by atoms with E-state index in [1.165, 1.54) is 25.7 Å². The number of rotatable bonds is 6. The molecule has 1 aromatic heterocycles. The van der Waals surface area contributed by atoms with Crippen molar-refractivity contribution in [1.82, 2.24) is 10.3 Å². The van der Waals surface area contributed by atoms with E-state index >= 15 is 0 Å². The Morgan fingerprint density at radius 2 is 2.47 bits per heavy atom. The van der Waals surface area contributed by atoms with Crippen LogP contribution in [0.2, 0.25) is 0 Å². The minimum atomic E-state index is 0.334. The molecule has 1 saturated heterocycles. The first-order chi connectivity index (χ1) is 8.36. The van der Waals surface area contributed by atoms with E-state index in [9.17, 15) is 0 Å². The van der Waals surface area contributed by atoms with Crippen LogP contribution in [0.15, 0.2) is 24.4 Å². The van der Waals surface area contributed by atoms with Crippen LogP contribution in [0.3, 0.4) is 0 Å². The second-order valence-corrected chi connectivity index (χ2v) is 4.71. The maximum Gasteiger partial charge on any atom is 0.0576 e. The zero-order valence-corrected chi connectivity index (χ0v) is 10.6. The lowest BCUT2D eigenvalue weighted by Gasteiger charge is -2.14. The van der Waals surface area contributed by atoms with Crippen molar-refractivity contribution in [2.75, 3.05) is 13.2 Å². The molecule has 3 nitrogen and oxygen atoms in total. The monoisotopic (exact) mass is 234 g/mol. The van der Waals surface area contributed by atoms with Gasteiger partial charge in [-0.25, -0.2) is 0 Å². The molecule has 0 amide bonds. The van der Waals surface area contributed by atoms with Crippen molar-refractivity contribution >= 4 is 0 Å². The minimum Gasteiger partial charge on any atom is -0.378 e. The maximum absolute atomic E-state index is 5.60. The summed E-state index contributed by atoms with van der Waals surface area (Å²) in [5.41, 5.74) is 1.12. The largest absolute Gasteiger partial charge is 0.378 e. The van der Waals surface area contributed by atoms with E-state index in [1.807, 2.05) is 18.3 Å². The van der Waals surface area contributed by atoms with E-state index in [1.54, 1.807) is 0 Å². The van der Waals surface area contributed by atoms with Crippen molar-refractivity contribution in [3.8, 4) is 0 Å². The third-order valence-electron chi connectivity index (χ3n) is 3.31. The van der Waals surface area contributed by atoms with Gasteiger partial charge in [-0.3, -0.25) is 4.98 Å². The summed E-state index contributed by atoms with van der Waals surface area (Å²) in [7, 11) is 0. The summed E-state index contributed by atoms with van der Waals surface area (Å²) >= 11 is 0. The molecule has 0 spiro atoms. The molecule has 1 aliphatic heterocycles. The van der Waals surface area contributed by atoms with E-state index in [4.69, 9.17) is 4.74 Å². The lowest BCUT2D eigenvalue weighted by atomic mass is 10.1. The topological polar surface area (TPSA) is 34.1 Å². The Kier molecular flexibility index (Phi) is 4.95. The van der Waals surface area contributed by atoms with Crippen LogP contribution in [0.1, 0.15) is 44.3 Å². The summed E-state index contributed by atoms with van der Waals surface area (Å²) in [6.45, 7) is 4.16. The number of nitrogens with zero attached hydrogens (tertiary/aromatic N) is 1. The molecule has 17 heavy (non-hydrogen) atoms. The lowest BCUT2D eigenvalue weighted by molar-refractivity contribution is 0.102. The first-order valence-electron chi connectivity index (χ1n) is 6.62. The SMILES string of the molecule is C[C@H](NCCCC1CCCO1)c1ccccn1. The summed E-state index contributed by atoms with van der Waals surface area (Å²) in [5.74, 6) is 0. The fraction of sp³-hybridized carbons (Fsp3) is 0.643. The zero-order chi connectivity index (χ0) is 11.9. The fourth-order valence-electron chi connectivity index (χ4n) is 2.26. The van der Waals surface area contributed by atoms with E-state index in [0.29, 0.717) is 12.1 Å². The van der Waals surface area contributed by atoms with Crippen LogP contribution in [0, 0.1) is 0 Å². The molecular formula is C14H22N2O. The Hall–Kier alpha value is -0.930. The number of nitrogens with one attached hydrogen (secondary N) is 1. The molecule has 0 bridgehead atoms. The molecule has 0 saturated carbocycles. The molecule has 94 valence electrons. The van der Waals surface area contributed by atoms with Gasteiger partial charge < -0.3 is 10.1 Å². The third kappa shape index (κ3) is 4.10. The summed E-state index contributed by atoms with van der Waals surface area (Å²) in [6.07, 6.45) is 7.21. The fourth-order valence-corrected chi connectivity index (χ4v) is 2.26. The van der Waals surface area contributed by atoms with Gasteiger partial charge in [-0.15, -0.1) is 0 Å². The maximum atomic E-state index is 5.60. The van der Waals surface area contributed by atoms with Gasteiger partial charge >= 0.3 is 0 Å². The molecule has 2 atom stereocenters. The smallest absolute Gasteiger partial charge is 0.0576 e. The normalized spacial score (nSPS) is 21.6. The van der Waals surface area contributed by atoms with Gasteiger partial charge in [0.15, 0.2) is 0 Å². The number of pyridine rings is 1. The van der Waals surface area contributed by atoms with Gasteiger partial charge in [0, 0.05) is 18.8 Å². The van der Waals surface area contributed by atoms with Crippen LogP contribution in [0.4, 0.5) is 0 Å². The molecule has 0 radical (unpaired) electrons. The van der Waals surface area contributed by atoms with Crippen molar-refractivity contribution in [2.24, 2.45) is 0 Å². The van der Waals surface area contributed by atoms with E-state index in [0.717, 1.165) is 18.8 Å². The van der Waals surface area contributed by atoms with Crippen LogP contribution in [-0.4, -0.2) is 24.2 Å². The molecule has 1 N–H and O–H groups in total. The van der Waals surface area contributed by atoms with Gasteiger partial charge in [-0.1, -0.05) is 6.07 Å². The van der Waals surface area contributed by atoms with Crippen molar-refractivity contribution < 1.29 is 4.74 Å². The minimum absolute atomic E-state index is 0.334. The van der Waals surface area contributed by atoms with Crippen molar-refractivity contribution in [3.05, 3.63) is 30.1 Å². The Balaban J connectivity index is 1.61. The van der Waals surface area contributed by atoms with Crippen molar-refractivity contribution in [2.45, 2.75) is 44.8 Å². The van der Waals surface area contributed by atoms with Gasteiger partial charge in [-0.05, 0) is 51.3 Å². The van der Waals surface area contributed by atoms with Gasteiger partial charge in [0.1, 0.15) is 0 Å². The second-order valence-electron chi connectivity index (χ2n) is 4.71. The second kappa shape index (κ2) is 6.72. The molecular weight excluding hydrogens is 212 g/mol. The van der Waals surface area contributed by atoms with Crippen LogP contribution in [-0.2, 0) is 4.74 Å². The molecule has 1 aliphatic rings.